The van der Waals surface area contributed by atoms with Crippen LogP contribution in [0.3, 0.4) is 0 Å². The highest BCUT2D eigenvalue weighted by Crippen LogP contribution is 2.13. The third kappa shape index (κ3) is 3.59. The van der Waals surface area contributed by atoms with Gasteiger partial charge in [-0.1, -0.05) is 30.3 Å². The summed E-state index contributed by atoms with van der Waals surface area (Å²) in [5.41, 5.74) is 1.23. The first-order valence-electron chi connectivity index (χ1n) is 5.69. The molecule has 17 heavy (non-hydrogen) atoms. The second-order valence-corrected chi connectivity index (χ2v) is 4.07. The fourth-order valence-corrected chi connectivity index (χ4v) is 1.81. The molecule has 0 saturated heterocycles. The lowest BCUT2D eigenvalue weighted by Crippen LogP contribution is -2.09. The van der Waals surface area contributed by atoms with Crippen LogP contribution in [0.25, 0.3) is 0 Å². The van der Waals surface area contributed by atoms with Gasteiger partial charge in [-0.25, -0.2) is 4.99 Å². The number of benzene rings is 1. The zero-order chi connectivity index (χ0) is 12.1. The number of hydrogen-bond acceptors (Lipinski definition) is 3. The first-order chi connectivity index (χ1) is 8.24. The minimum Gasteiger partial charge on any atom is -0.481 e. The molecule has 90 valence electrons. The molecule has 0 fully saturated rings. The molecule has 0 bridgehead atoms. The first-order valence-corrected chi connectivity index (χ1v) is 5.69. The van der Waals surface area contributed by atoms with Gasteiger partial charge >= 0.3 is 5.97 Å². The maximum absolute atomic E-state index is 10.4. The average molecular weight is 233 g/mol. The summed E-state index contributed by atoms with van der Waals surface area (Å²) in [5.74, 6) is -0.240. The maximum atomic E-state index is 10.4. The van der Waals surface area contributed by atoms with Crippen LogP contribution in [-0.4, -0.2) is 29.6 Å². The third-order valence-electron chi connectivity index (χ3n) is 2.64. The fourth-order valence-electron chi connectivity index (χ4n) is 1.81. The molecule has 0 aliphatic carbocycles. The zero-order valence-corrected chi connectivity index (χ0v) is 9.50. The normalized spacial score (nSPS) is 18.6. The van der Waals surface area contributed by atoms with Gasteiger partial charge in [-0.05, 0) is 12.0 Å². The molecule has 0 radical (unpaired) electrons. The Bertz CT molecular complexity index is 414. The Labute approximate surface area is 99.9 Å². The molecule has 1 heterocycles. The molecular weight excluding hydrogens is 218 g/mol. The maximum Gasteiger partial charge on any atom is 0.303 e. The second kappa shape index (κ2) is 5.48. The van der Waals surface area contributed by atoms with Crippen molar-refractivity contribution in [2.45, 2.75) is 25.3 Å². The number of rotatable bonds is 5. The minimum atomic E-state index is -0.817. The number of ether oxygens (including phenoxy) is 1. The topological polar surface area (TPSA) is 58.9 Å². The summed E-state index contributed by atoms with van der Waals surface area (Å²) in [6.07, 6.45) is 1.31. The number of nitrogens with zero attached hydrogens (tertiary/aromatic N) is 1. The molecule has 4 nitrogen and oxygen atoms in total. The van der Waals surface area contributed by atoms with Crippen LogP contribution >= 0.6 is 0 Å². The summed E-state index contributed by atoms with van der Waals surface area (Å²) in [5, 5.41) is 8.56. The van der Waals surface area contributed by atoms with Gasteiger partial charge in [0.2, 0.25) is 0 Å². The predicted molar refractivity (Wildman–Crippen MR) is 64.2 cm³/mol. The first kappa shape index (κ1) is 11.6. The van der Waals surface area contributed by atoms with E-state index in [0.29, 0.717) is 18.9 Å². The Hall–Kier alpha value is -1.84. The molecule has 1 aliphatic heterocycles. The molecule has 4 heteroatoms. The third-order valence-corrected chi connectivity index (χ3v) is 2.64. The van der Waals surface area contributed by atoms with Gasteiger partial charge in [0.05, 0.1) is 12.5 Å². The van der Waals surface area contributed by atoms with Crippen LogP contribution in [0.5, 0.6) is 0 Å². The molecule has 1 atom stereocenters. The Balaban J connectivity index is 1.86. The van der Waals surface area contributed by atoms with E-state index in [4.69, 9.17) is 9.84 Å². The average Bonchev–Trinajstić information content (AvgIpc) is 2.75. The van der Waals surface area contributed by atoms with Gasteiger partial charge in [-0.2, -0.15) is 0 Å². The Kier molecular flexibility index (Phi) is 3.75. The monoisotopic (exact) mass is 233 g/mol. The largest absolute Gasteiger partial charge is 0.481 e. The fraction of sp³-hybridized carbons (Fsp3) is 0.385. The van der Waals surface area contributed by atoms with Crippen molar-refractivity contribution < 1.29 is 14.6 Å². The number of aliphatic imine (C=N–C) groups is 1. The van der Waals surface area contributed by atoms with Crippen LogP contribution < -0.4 is 0 Å². The quantitative estimate of drug-likeness (QED) is 0.844. The van der Waals surface area contributed by atoms with Crippen LogP contribution in [0.4, 0.5) is 0 Å². The molecule has 1 aromatic rings. The molecule has 1 aromatic carbocycles. The summed E-state index contributed by atoms with van der Waals surface area (Å²) in [6, 6.07) is 10.2. The van der Waals surface area contributed by atoms with Gasteiger partial charge in [-0.3, -0.25) is 4.79 Å². The van der Waals surface area contributed by atoms with Crippen molar-refractivity contribution in [1.29, 1.82) is 0 Å². The van der Waals surface area contributed by atoms with Crippen molar-refractivity contribution in [2.75, 3.05) is 6.61 Å². The van der Waals surface area contributed by atoms with E-state index < -0.39 is 5.97 Å². The van der Waals surface area contributed by atoms with E-state index in [1.807, 2.05) is 18.2 Å². The van der Waals surface area contributed by atoms with Crippen LogP contribution in [0, 0.1) is 0 Å². The molecular formula is C13H15NO3. The molecule has 2 rings (SSSR count). The van der Waals surface area contributed by atoms with Gasteiger partial charge in [-0.15, -0.1) is 0 Å². The predicted octanol–water partition coefficient (Wildman–Crippen LogP) is 1.89. The molecule has 1 N–H and O–H groups in total. The number of carboxylic acids is 1. The van der Waals surface area contributed by atoms with Crippen LogP contribution in [0.1, 0.15) is 18.4 Å². The van der Waals surface area contributed by atoms with E-state index in [1.54, 1.807) is 0 Å². The van der Waals surface area contributed by atoms with E-state index in [0.717, 1.165) is 6.42 Å². The summed E-state index contributed by atoms with van der Waals surface area (Å²) in [7, 11) is 0. The van der Waals surface area contributed by atoms with Crippen molar-refractivity contribution in [1.82, 2.24) is 0 Å². The highest BCUT2D eigenvalue weighted by molar-refractivity contribution is 5.81. The van der Waals surface area contributed by atoms with Gasteiger partial charge in [0.1, 0.15) is 6.61 Å². The minimum absolute atomic E-state index is 0.0802. The lowest BCUT2D eigenvalue weighted by molar-refractivity contribution is -0.136. The van der Waals surface area contributed by atoms with Gasteiger partial charge < -0.3 is 9.84 Å². The number of carboxylic acid groups (broad SMARTS) is 1. The Morgan fingerprint density at radius 3 is 2.88 bits per heavy atom. The van der Waals surface area contributed by atoms with Crippen LogP contribution in [0.2, 0.25) is 0 Å². The van der Waals surface area contributed by atoms with E-state index in [9.17, 15) is 4.79 Å². The molecule has 1 unspecified atom stereocenters. The van der Waals surface area contributed by atoms with E-state index >= 15 is 0 Å². The number of carbonyl (C=O) groups is 1. The van der Waals surface area contributed by atoms with E-state index in [-0.39, 0.29) is 12.5 Å². The molecule has 1 aliphatic rings. The standard InChI is InChI=1S/C13H15NO3/c15-13(16)7-6-12-14-11(9-17-12)8-10-4-2-1-3-5-10/h1-5,11H,6-9H2,(H,15,16). The number of aliphatic carboxylic acids is 1. The zero-order valence-electron chi connectivity index (χ0n) is 9.50. The van der Waals surface area contributed by atoms with Crippen LogP contribution in [0.15, 0.2) is 35.3 Å². The van der Waals surface area contributed by atoms with Crippen molar-refractivity contribution >= 4 is 11.9 Å². The van der Waals surface area contributed by atoms with Gasteiger partial charge in [0.25, 0.3) is 0 Å². The van der Waals surface area contributed by atoms with Crippen molar-refractivity contribution in [3.05, 3.63) is 35.9 Å². The van der Waals surface area contributed by atoms with Gasteiger partial charge in [0.15, 0.2) is 5.90 Å². The lowest BCUT2D eigenvalue weighted by atomic mass is 10.1. The molecule has 0 spiro atoms. The van der Waals surface area contributed by atoms with Crippen LogP contribution in [-0.2, 0) is 16.0 Å². The van der Waals surface area contributed by atoms with Crippen molar-refractivity contribution in [3.63, 3.8) is 0 Å². The molecule has 0 saturated carbocycles. The Morgan fingerprint density at radius 1 is 1.41 bits per heavy atom. The van der Waals surface area contributed by atoms with Crippen molar-refractivity contribution in [3.8, 4) is 0 Å². The summed E-state index contributed by atoms with van der Waals surface area (Å²) in [4.78, 5) is 14.8. The Morgan fingerprint density at radius 2 is 2.18 bits per heavy atom. The second-order valence-electron chi connectivity index (χ2n) is 4.07. The van der Waals surface area contributed by atoms with Crippen molar-refractivity contribution in [2.24, 2.45) is 4.99 Å². The molecule has 0 amide bonds. The van der Waals surface area contributed by atoms with E-state index in [1.165, 1.54) is 5.56 Å². The highest BCUT2D eigenvalue weighted by atomic mass is 16.5. The summed E-state index contributed by atoms with van der Waals surface area (Å²) < 4.78 is 5.37. The molecule has 0 aromatic heterocycles. The smallest absolute Gasteiger partial charge is 0.303 e. The lowest BCUT2D eigenvalue weighted by Gasteiger charge is -2.04. The highest BCUT2D eigenvalue weighted by Gasteiger charge is 2.19. The van der Waals surface area contributed by atoms with E-state index in [2.05, 4.69) is 17.1 Å². The summed E-state index contributed by atoms with van der Waals surface area (Å²) in [6.45, 7) is 0.559. The van der Waals surface area contributed by atoms with Gasteiger partial charge in [0, 0.05) is 6.42 Å². The number of hydrogen-bond donors (Lipinski definition) is 1. The SMILES string of the molecule is O=C(O)CCC1=NC(Cc2ccccc2)CO1. The summed E-state index contributed by atoms with van der Waals surface area (Å²) >= 11 is 0.